The van der Waals surface area contributed by atoms with E-state index in [1.54, 1.807) is 23.1 Å². The first-order valence-electron chi connectivity index (χ1n) is 8.26. The van der Waals surface area contributed by atoms with Crippen LogP contribution in [-0.4, -0.2) is 47.8 Å². The SMILES string of the molecule is Cc1ccc(N)cc1C(=O)N1CCN(C(=O)c2ccc(F)cc2F)CC1.Cl. The van der Waals surface area contributed by atoms with E-state index < -0.39 is 17.5 Å². The monoisotopic (exact) mass is 395 g/mol. The molecule has 1 heterocycles. The van der Waals surface area contributed by atoms with E-state index in [1.807, 2.05) is 6.92 Å². The lowest BCUT2D eigenvalue weighted by Crippen LogP contribution is -2.50. The Bertz CT molecular complexity index is 868. The molecule has 144 valence electrons. The van der Waals surface area contributed by atoms with Crippen molar-refractivity contribution in [3.63, 3.8) is 0 Å². The van der Waals surface area contributed by atoms with Crippen LogP contribution in [0.4, 0.5) is 14.5 Å². The molecule has 0 aromatic heterocycles. The van der Waals surface area contributed by atoms with Gasteiger partial charge in [0.2, 0.25) is 0 Å². The van der Waals surface area contributed by atoms with E-state index in [2.05, 4.69) is 0 Å². The van der Waals surface area contributed by atoms with E-state index in [1.165, 1.54) is 4.90 Å². The minimum Gasteiger partial charge on any atom is -0.399 e. The lowest BCUT2D eigenvalue weighted by Gasteiger charge is -2.35. The second-order valence-electron chi connectivity index (χ2n) is 6.28. The number of nitrogens with zero attached hydrogens (tertiary/aromatic N) is 2. The minimum absolute atomic E-state index is 0. The number of hydrogen-bond acceptors (Lipinski definition) is 3. The van der Waals surface area contributed by atoms with Crippen LogP contribution in [0.5, 0.6) is 0 Å². The van der Waals surface area contributed by atoms with Crippen molar-refractivity contribution < 1.29 is 18.4 Å². The number of amides is 2. The summed E-state index contributed by atoms with van der Waals surface area (Å²) in [7, 11) is 0. The Kier molecular flexibility index (Phi) is 6.38. The highest BCUT2D eigenvalue weighted by Crippen LogP contribution is 2.18. The number of rotatable bonds is 2. The molecule has 0 radical (unpaired) electrons. The van der Waals surface area contributed by atoms with Gasteiger partial charge in [-0.1, -0.05) is 6.07 Å². The third-order valence-electron chi connectivity index (χ3n) is 4.51. The molecule has 0 spiro atoms. The van der Waals surface area contributed by atoms with Gasteiger partial charge in [-0.3, -0.25) is 9.59 Å². The molecule has 2 aromatic rings. The lowest BCUT2D eigenvalue weighted by atomic mass is 10.1. The number of carbonyl (C=O) groups is 2. The molecule has 0 saturated carbocycles. The quantitative estimate of drug-likeness (QED) is 0.795. The Labute approximate surface area is 162 Å². The molecule has 2 aromatic carbocycles. The molecule has 0 bridgehead atoms. The molecule has 3 rings (SSSR count). The molecule has 1 aliphatic heterocycles. The molecule has 0 atom stereocenters. The van der Waals surface area contributed by atoms with Gasteiger partial charge in [-0.2, -0.15) is 0 Å². The first kappa shape index (κ1) is 20.6. The third-order valence-corrected chi connectivity index (χ3v) is 4.51. The second-order valence-corrected chi connectivity index (χ2v) is 6.28. The molecule has 27 heavy (non-hydrogen) atoms. The van der Waals surface area contributed by atoms with Gasteiger partial charge in [-0.15, -0.1) is 12.4 Å². The van der Waals surface area contributed by atoms with Crippen LogP contribution in [-0.2, 0) is 0 Å². The second kappa shape index (κ2) is 8.35. The number of piperazine rings is 1. The fraction of sp³-hybridized carbons (Fsp3) is 0.263. The number of benzene rings is 2. The molecular formula is C19H20ClF2N3O2. The van der Waals surface area contributed by atoms with Gasteiger partial charge in [0, 0.05) is 43.5 Å². The number of halogens is 3. The summed E-state index contributed by atoms with van der Waals surface area (Å²) >= 11 is 0. The molecule has 2 N–H and O–H groups in total. The fourth-order valence-electron chi connectivity index (χ4n) is 2.99. The molecule has 8 heteroatoms. The average molecular weight is 396 g/mol. The van der Waals surface area contributed by atoms with E-state index in [0.29, 0.717) is 30.4 Å². The number of anilines is 1. The van der Waals surface area contributed by atoms with Crippen molar-refractivity contribution in [1.29, 1.82) is 0 Å². The van der Waals surface area contributed by atoms with E-state index in [0.717, 1.165) is 17.7 Å². The maximum atomic E-state index is 13.8. The summed E-state index contributed by atoms with van der Waals surface area (Å²) in [5.74, 6) is -2.26. The molecule has 2 amide bonds. The normalized spacial score (nSPS) is 13.9. The van der Waals surface area contributed by atoms with Crippen LogP contribution in [0.3, 0.4) is 0 Å². The summed E-state index contributed by atoms with van der Waals surface area (Å²) in [5, 5.41) is 0. The Hall–Kier alpha value is -2.67. The molecular weight excluding hydrogens is 376 g/mol. The maximum absolute atomic E-state index is 13.8. The summed E-state index contributed by atoms with van der Waals surface area (Å²) in [5.41, 5.74) is 7.47. The summed E-state index contributed by atoms with van der Waals surface area (Å²) in [6.07, 6.45) is 0. The van der Waals surface area contributed by atoms with Gasteiger partial charge in [0.1, 0.15) is 11.6 Å². The molecule has 5 nitrogen and oxygen atoms in total. The Balaban J connectivity index is 0.00000261. The van der Waals surface area contributed by atoms with Crippen molar-refractivity contribution in [2.45, 2.75) is 6.92 Å². The van der Waals surface area contributed by atoms with Gasteiger partial charge in [-0.25, -0.2) is 8.78 Å². The van der Waals surface area contributed by atoms with Gasteiger partial charge in [-0.05, 0) is 36.8 Å². The van der Waals surface area contributed by atoms with Crippen molar-refractivity contribution in [2.75, 3.05) is 31.9 Å². The van der Waals surface area contributed by atoms with Crippen LogP contribution in [0.15, 0.2) is 36.4 Å². The van der Waals surface area contributed by atoms with Gasteiger partial charge >= 0.3 is 0 Å². The van der Waals surface area contributed by atoms with Crippen LogP contribution < -0.4 is 5.73 Å². The molecule has 1 saturated heterocycles. The van der Waals surface area contributed by atoms with Crippen molar-refractivity contribution in [3.8, 4) is 0 Å². The van der Waals surface area contributed by atoms with Gasteiger partial charge in [0.25, 0.3) is 11.8 Å². The highest BCUT2D eigenvalue weighted by molar-refractivity contribution is 5.97. The first-order valence-corrected chi connectivity index (χ1v) is 8.26. The van der Waals surface area contributed by atoms with Crippen LogP contribution >= 0.6 is 12.4 Å². The predicted molar refractivity (Wildman–Crippen MR) is 101 cm³/mol. The Morgan fingerprint density at radius 2 is 1.44 bits per heavy atom. The largest absolute Gasteiger partial charge is 0.399 e. The number of nitrogens with two attached hydrogens (primary N) is 1. The smallest absolute Gasteiger partial charge is 0.256 e. The van der Waals surface area contributed by atoms with E-state index in [4.69, 9.17) is 5.73 Å². The average Bonchev–Trinajstić information content (AvgIpc) is 2.63. The summed E-state index contributed by atoms with van der Waals surface area (Å²) in [6, 6.07) is 8.05. The number of carbonyl (C=O) groups excluding carboxylic acids is 2. The predicted octanol–water partition coefficient (Wildman–Crippen LogP) is 2.88. The maximum Gasteiger partial charge on any atom is 0.256 e. The molecule has 0 aliphatic carbocycles. The summed E-state index contributed by atoms with van der Waals surface area (Å²) in [4.78, 5) is 28.2. The van der Waals surface area contributed by atoms with Gasteiger partial charge in [0.05, 0.1) is 5.56 Å². The van der Waals surface area contributed by atoms with Crippen molar-refractivity contribution in [1.82, 2.24) is 9.80 Å². The third kappa shape index (κ3) is 4.36. The van der Waals surface area contributed by atoms with E-state index in [9.17, 15) is 18.4 Å². The van der Waals surface area contributed by atoms with Crippen LogP contribution in [0.2, 0.25) is 0 Å². The first-order chi connectivity index (χ1) is 12.4. The zero-order chi connectivity index (χ0) is 18.8. The Morgan fingerprint density at radius 3 is 2.00 bits per heavy atom. The number of aryl methyl sites for hydroxylation is 1. The van der Waals surface area contributed by atoms with Gasteiger partial charge < -0.3 is 15.5 Å². The van der Waals surface area contributed by atoms with Crippen molar-refractivity contribution in [3.05, 3.63) is 64.7 Å². The topological polar surface area (TPSA) is 66.6 Å². The highest BCUT2D eigenvalue weighted by Gasteiger charge is 2.27. The van der Waals surface area contributed by atoms with Crippen molar-refractivity contribution >= 4 is 29.9 Å². The van der Waals surface area contributed by atoms with Crippen LogP contribution in [0.1, 0.15) is 26.3 Å². The van der Waals surface area contributed by atoms with E-state index >= 15 is 0 Å². The fourth-order valence-corrected chi connectivity index (χ4v) is 2.99. The van der Waals surface area contributed by atoms with E-state index in [-0.39, 0.29) is 37.0 Å². The number of hydrogen-bond donors (Lipinski definition) is 1. The molecule has 1 fully saturated rings. The highest BCUT2D eigenvalue weighted by atomic mass is 35.5. The zero-order valence-electron chi connectivity index (χ0n) is 14.7. The zero-order valence-corrected chi connectivity index (χ0v) is 15.6. The minimum atomic E-state index is -0.885. The molecule has 1 aliphatic rings. The Morgan fingerprint density at radius 1 is 0.889 bits per heavy atom. The van der Waals surface area contributed by atoms with Gasteiger partial charge in [0.15, 0.2) is 0 Å². The molecule has 0 unspecified atom stereocenters. The van der Waals surface area contributed by atoms with Crippen molar-refractivity contribution in [2.24, 2.45) is 0 Å². The summed E-state index contributed by atoms with van der Waals surface area (Å²) < 4.78 is 26.8. The lowest BCUT2D eigenvalue weighted by molar-refractivity contribution is 0.0532. The number of nitrogen functional groups attached to an aromatic ring is 1. The summed E-state index contributed by atoms with van der Waals surface area (Å²) in [6.45, 7) is 3.07. The van der Waals surface area contributed by atoms with Crippen LogP contribution in [0.25, 0.3) is 0 Å². The standard InChI is InChI=1S/C19H19F2N3O2.ClH/c1-12-2-4-14(22)11-16(12)19(26)24-8-6-23(7-9-24)18(25)15-5-3-13(20)10-17(15)21;/h2-5,10-11H,6-9,22H2,1H3;1H. The van der Waals surface area contributed by atoms with Crippen LogP contribution in [0, 0.1) is 18.6 Å².